The van der Waals surface area contributed by atoms with E-state index in [9.17, 15) is 19.5 Å². The zero-order valence-corrected chi connectivity index (χ0v) is 19.4. The first-order valence-electron chi connectivity index (χ1n) is 10.5. The maximum absolute atomic E-state index is 12.9. The zero-order valence-electron chi connectivity index (χ0n) is 18.5. The van der Waals surface area contributed by atoms with E-state index in [1.807, 2.05) is 11.8 Å². The molecule has 0 aliphatic carbocycles. The third-order valence-electron chi connectivity index (χ3n) is 5.27. The molecule has 1 amide bonds. The van der Waals surface area contributed by atoms with Gasteiger partial charge in [-0.2, -0.15) is 0 Å². The summed E-state index contributed by atoms with van der Waals surface area (Å²) in [4.78, 5) is 44.1. The molecule has 10 heteroatoms. The molecule has 172 valence electrons. The maximum Gasteiger partial charge on any atom is 0.333 e. The van der Waals surface area contributed by atoms with Crippen LogP contribution in [0.25, 0.3) is 0 Å². The smallest absolute Gasteiger partial charge is 0.333 e. The number of likely N-dealkylation sites (tertiary alicyclic amines) is 1. The van der Waals surface area contributed by atoms with E-state index in [2.05, 4.69) is 4.99 Å². The van der Waals surface area contributed by atoms with Crippen LogP contribution >= 0.6 is 11.8 Å². The molecule has 1 aliphatic heterocycles. The second-order valence-corrected chi connectivity index (χ2v) is 8.44. The van der Waals surface area contributed by atoms with E-state index in [1.54, 1.807) is 24.3 Å². The molecule has 32 heavy (non-hydrogen) atoms. The van der Waals surface area contributed by atoms with Crippen LogP contribution < -0.4 is 16.0 Å². The van der Waals surface area contributed by atoms with Gasteiger partial charge in [0.1, 0.15) is 16.4 Å². The number of aliphatic imine (C=N–C) groups is 1. The number of carbonyl (C=O) groups is 1. The molecule has 3 rings (SSSR count). The molecule has 1 aliphatic rings. The molecule has 0 unspecified atom stereocenters. The number of hydrogen-bond donors (Lipinski definition) is 1. The van der Waals surface area contributed by atoms with E-state index in [-0.39, 0.29) is 22.3 Å². The maximum atomic E-state index is 12.9. The SMILES string of the molecule is CCOc1ccc(N=C(SCC(=O)N2CCCCC2)c2c(O)n(C)c(=O)n(C)c2=O)cc1. The molecule has 1 fully saturated rings. The molecule has 2 aromatic rings. The molecule has 1 aromatic carbocycles. The average Bonchev–Trinajstić information content (AvgIpc) is 2.81. The van der Waals surface area contributed by atoms with Crippen LogP contribution in [0, 0.1) is 0 Å². The van der Waals surface area contributed by atoms with Crippen molar-refractivity contribution in [3.63, 3.8) is 0 Å². The lowest BCUT2D eigenvalue weighted by Crippen LogP contribution is -2.40. The van der Waals surface area contributed by atoms with Crippen LogP contribution in [-0.4, -0.2) is 55.5 Å². The molecule has 1 N–H and O–H groups in total. The summed E-state index contributed by atoms with van der Waals surface area (Å²) in [7, 11) is 2.71. The number of hydrogen-bond acceptors (Lipinski definition) is 7. The van der Waals surface area contributed by atoms with Crippen molar-refractivity contribution in [1.82, 2.24) is 14.0 Å². The highest BCUT2D eigenvalue weighted by molar-refractivity contribution is 8.15. The number of carbonyl (C=O) groups excluding carboxylic acids is 1. The highest BCUT2D eigenvalue weighted by atomic mass is 32.2. The van der Waals surface area contributed by atoms with Gasteiger partial charge in [-0.3, -0.25) is 18.7 Å². The summed E-state index contributed by atoms with van der Waals surface area (Å²) in [5, 5.41) is 10.8. The van der Waals surface area contributed by atoms with Crippen LogP contribution in [0.4, 0.5) is 5.69 Å². The first-order valence-corrected chi connectivity index (χ1v) is 11.5. The van der Waals surface area contributed by atoms with E-state index >= 15 is 0 Å². The first-order chi connectivity index (χ1) is 15.3. The Hall–Kier alpha value is -3.01. The van der Waals surface area contributed by atoms with Crippen molar-refractivity contribution >= 4 is 28.4 Å². The Morgan fingerprint density at radius 2 is 1.75 bits per heavy atom. The lowest BCUT2D eigenvalue weighted by Gasteiger charge is -2.26. The largest absolute Gasteiger partial charge is 0.494 e. The summed E-state index contributed by atoms with van der Waals surface area (Å²) in [6.07, 6.45) is 3.07. The Bertz CT molecular complexity index is 1110. The lowest BCUT2D eigenvalue weighted by molar-refractivity contribution is -0.129. The quantitative estimate of drug-likeness (QED) is 0.522. The topological polar surface area (TPSA) is 106 Å². The Labute approximate surface area is 190 Å². The third kappa shape index (κ3) is 5.24. The molecule has 1 aromatic heterocycles. The molecule has 0 atom stereocenters. The summed E-state index contributed by atoms with van der Waals surface area (Å²) in [6, 6.07) is 6.95. The fourth-order valence-electron chi connectivity index (χ4n) is 3.45. The Morgan fingerprint density at radius 3 is 2.38 bits per heavy atom. The second-order valence-electron chi connectivity index (χ2n) is 7.48. The summed E-state index contributed by atoms with van der Waals surface area (Å²) < 4.78 is 7.34. The van der Waals surface area contributed by atoms with E-state index in [0.29, 0.717) is 18.0 Å². The van der Waals surface area contributed by atoms with Gasteiger partial charge < -0.3 is 14.7 Å². The predicted molar refractivity (Wildman–Crippen MR) is 125 cm³/mol. The van der Waals surface area contributed by atoms with Crippen molar-refractivity contribution in [3.8, 4) is 11.6 Å². The second kappa shape index (κ2) is 10.5. The summed E-state index contributed by atoms with van der Waals surface area (Å²) in [6.45, 7) is 3.86. The lowest BCUT2D eigenvalue weighted by atomic mass is 10.1. The van der Waals surface area contributed by atoms with E-state index < -0.39 is 17.1 Å². The molecule has 0 radical (unpaired) electrons. The van der Waals surface area contributed by atoms with Crippen LogP contribution in [0.5, 0.6) is 11.6 Å². The number of thioether (sulfide) groups is 1. The molecule has 0 saturated carbocycles. The normalized spacial score (nSPS) is 14.5. The van der Waals surface area contributed by atoms with Gasteiger partial charge in [-0.1, -0.05) is 11.8 Å². The fourth-order valence-corrected chi connectivity index (χ4v) is 4.38. The van der Waals surface area contributed by atoms with Crippen molar-refractivity contribution in [2.75, 3.05) is 25.4 Å². The third-order valence-corrected chi connectivity index (χ3v) is 6.23. The molecular formula is C22H28N4O5S. The van der Waals surface area contributed by atoms with Crippen molar-refractivity contribution in [2.24, 2.45) is 19.1 Å². The van der Waals surface area contributed by atoms with Gasteiger partial charge in [0.15, 0.2) is 0 Å². The first kappa shape index (κ1) is 23.6. The van der Waals surface area contributed by atoms with Crippen LogP contribution in [-0.2, 0) is 18.9 Å². The monoisotopic (exact) mass is 460 g/mol. The summed E-state index contributed by atoms with van der Waals surface area (Å²) in [5.74, 6) is 0.221. The minimum absolute atomic E-state index is 0.0461. The van der Waals surface area contributed by atoms with Crippen molar-refractivity contribution in [2.45, 2.75) is 26.2 Å². The number of piperidine rings is 1. The Balaban J connectivity index is 1.99. The number of aromatic nitrogens is 2. The Morgan fingerprint density at radius 1 is 1.09 bits per heavy atom. The fraction of sp³-hybridized carbons (Fsp3) is 0.455. The molecule has 1 saturated heterocycles. The van der Waals surface area contributed by atoms with Gasteiger partial charge in [-0.05, 0) is 50.5 Å². The molecule has 0 spiro atoms. The van der Waals surface area contributed by atoms with Gasteiger partial charge in [-0.25, -0.2) is 9.79 Å². The number of nitrogens with zero attached hydrogens (tertiary/aromatic N) is 4. The standard InChI is InChI=1S/C22H28N4O5S/c1-4-31-16-10-8-15(9-11-16)23-19(32-14-17(27)26-12-6-5-7-13-26)18-20(28)24(2)22(30)25(3)21(18)29/h8-11,28H,4-7,12-14H2,1-3H3. The minimum Gasteiger partial charge on any atom is -0.494 e. The van der Waals surface area contributed by atoms with Gasteiger partial charge in [0, 0.05) is 27.2 Å². The highest BCUT2D eigenvalue weighted by Gasteiger charge is 2.23. The number of amides is 1. The van der Waals surface area contributed by atoms with Gasteiger partial charge >= 0.3 is 5.69 Å². The van der Waals surface area contributed by atoms with Crippen LogP contribution in [0.15, 0.2) is 38.8 Å². The van der Waals surface area contributed by atoms with Gasteiger partial charge in [0.05, 0.1) is 18.0 Å². The van der Waals surface area contributed by atoms with Crippen LogP contribution in [0.1, 0.15) is 31.7 Å². The Kier molecular flexibility index (Phi) is 7.79. The van der Waals surface area contributed by atoms with Gasteiger partial charge in [0.25, 0.3) is 5.56 Å². The molecule has 0 bridgehead atoms. The van der Waals surface area contributed by atoms with E-state index in [4.69, 9.17) is 4.74 Å². The van der Waals surface area contributed by atoms with Gasteiger partial charge in [-0.15, -0.1) is 0 Å². The minimum atomic E-state index is -0.673. The molecular weight excluding hydrogens is 432 g/mol. The van der Waals surface area contributed by atoms with E-state index in [1.165, 1.54) is 14.1 Å². The molecule has 9 nitrogen and oxygen atoms in total. The average molecular weight is 461 g/mol. The molecule has 2 heterocycles. The summed E-state index contributed by atoms with van der Waals surface area (Å²) >= 11 is 1.08. The van der Waals surface area contributed by atoms with Crippen LogP contribution in [0.2, 0.25) is 0 Å². The van der Waals surface area contributed by atoms with Gasteiger partial charge in [0.2, 0.25) is 11.8 Å². The predicted octanol–water partition coefficient (Wildman–Crippen LogP) is 2.01. The number of benzene rings is 1. The summed E-state index contributed by atoms with van der Waals surface area (Å²) in [5.41, 5.74) is -0.907. The number of aromatic hydroxyl groups is 1. The van der Waals surface area contributed by atoms with Crippen molar-refractivity contribution < 1.29 is 14.6 Å². The van der Waals surface area contributed by atoms with Crippen molar-refractivity contribution in [1.29, 1.82) is 0 Å². The zero-order chi connectivity index (χ0) is 23.3. The number of ether oxygens (including phenoxy) is 1. The van der Waals surface area contributed by atoms with E-state index in [0.717, 1.165) is 53.2 Å². The van der Waals surface area contributed by atoms with Crippen molar-refractivity contribution in [3.05, 3.63) is 50.7 Å². The number of rotatable bonds is 6. The highest BCUT2D eigenvalue weighted by Crippen LogP contribution is 2.25. The van der Waals surface area contributed by atoms with Crippen LogP contribution in [0.3, 0.4) is 0 Å².